The molecule has 2 unspecified atom stereocenters. The molecule has 0 aromatic carbocycles. The van der Waals surface area contributed by atoms with Crippen molar-refractivity contribution < 1.29 is 0 Å². The SMILES string of the molecule is Cc1ccsc1C(C(C)N)N1CC=C(C(C)(C)C)CC1. The summed E-state index contributed by atoms with van der Waals surface area (Å²) in [5.41, 5.74) is 9.55. The summed E-state index contributed by atoms with van der Waals surface area (Å²) in [7, 11) is 0. The predicted octanol–water partition coefficient (Wildman–Crippen LogP) is 4.12. The van der Waals surface area contributed by atoms with Gasteiger partial charge in [0.1, 0.15) is 0 Å². The highest BCUT2D eigenvalue weighted by atomic mass is 32.1. The first kappa shape index (κ1) is 15.7. The molecule has 0 aliphatic carbocycles. The van der Waals surface area contributed by atoms with Crippen LogP contribution >= 0.6 is 11.3 Å². The third-order valence-electron chi connectivity index (χ3n) is 4.27. The first-order chi connectivity index (χ1) is 9.30. The predicted molar refractivity (Wildman–Crippen MR) is 89.2 cm³/mol. The van der Waals surface area contributed by atoms with Gasteiger partial charge in [-0.25, -0.2) is 0 Å². The van der Waals surface area contributed by atoms with Gasteiger partial charge in [0.25, 0.3) is 0 Å². The number of nitrogens with zero attached hydrogens (tertiary/aromatic N) is 1. The molecule has 2 nitrogen and oxygen atoms in total. The molecular formula is C17H28N2S. The fourth-order valence-corrected chi connectivity index (χ4v) is 4.22. The van der Waals surface area contributed by atoms with Gasteiger partial charge in [-0.3, -0.25) is 4.90 Å². The van der Waals surface area contributed by atoms with Gasteiger partial charge < -0.3 is 5.73 Å². The van der Waals surface area contributed by atoms with Crippen molar-refractivity contribution in [1.29, 1.82) is 0 Å². The number of hydrogen-bond acceptors (Lipinski definition) is 3. The Balaban J connectivity index is 2.18. The Labute approximate surface area is 127 Å². The van der Waals surface area contributed by atoms with Crippen molar-refractivity contribution in [3.05, 3.63) is 33.5 Å². The van der Waals surface area contributed by atoms with Gasteiger partial charge in [0.15, 0.2) is 0 Å². The Morgan fingerprint density at radius 1 is 1.35 bits per heavy atom. The molecule has 2 rings (SSSR count). The average molecular weight is 292 g/mol. The van der Waals surface area contributed by atoms with Crippen molar-refractivity contribution >= 4 is 11.3 Å². The van der Waals surface area contributed by atoms with Gasteiger partial charge in [0, 0.05) is 24.0 Å². The standard InChI is InChI=1S/C17H28N2S/c1-12-8-11-20-16(12)15(13(2)18)19-9-6-14(7-10-19)17(3,4)5/h6,8,11,13,15H,7,9-10,18H2,1-5H3. The summed E-state index contributed by atoms with van der Waals surface area (Å²) in [5.74, 6) is 0. The van der Waals surface area contributed by atoms with E-state index in [4.69, 9.17) is 5.73 Å². The number of nitrogens with two attached hydrogens (primary N) is 1. The third kappa shape index (κ3) is 3.33. The van der Waals surface area contributed by atoms with E-state index in [1.165, 1.54) is 10.4 Å². The highest BCUT2D eigenvalue weighted by molar-refractivity contribution is 7.10. The molecular weight excluding hydrogens is 264 g/mol. The summed E-state index contributed by atoms with van der Waals surface area (Å²) in [6.07, 6.45) is 3.58. The summed E-state index contributed by atoms with van der Waals surface area (Å²) < 4.78 is 0. The zero-order valence-electron chi connectivity index (χ0n) is 13.4. The lowest BCUT2D eigenvalue weighted by molar-refractivity contribution is 0.186. The fraction of sp³-hybridized carbons (Fsp3) is 0.647. The normalized spacial score (nSPS) is 20.6. The van der Waals surface area contributed by atoms with Crippen molar-refractivity contribution in [2.75, 3.05) is 13.1 Å². The van der Waals surface area contributed by atoms with Crippen LogP contribution < -0.4 is 5.73 Å². The van der Waals surface area contributed by atoms with Crippen LogP contribution in [0.3, 0.4) is 0 Å². The molecule has 3 heteroatoms. The largest absolute Gasteiger partial charge is 0.326 e. The molecule has 0 saturated heterocycles. The van der Waals surface area contributed by atoms with Gasteiger partial charge in [-0.15, -0.1) is 11.3 Å². The van der Waals surface area contributed by atoms with E-state index in [9.17, 15) is 0 Å². The third-order valence-corrected chi connectivity index (χ3v) is 5.36. The highest BCUT2D eigenvalue weighted by Gasteiger charge is 2.29. The van der Waals surface area contributed by atoms with Crippen molar-refractivity contribution in [2.45, 2.75) is 53.1 Å². The molecule has 1 aliphatic rings. The summed E-state index contributed by atoms with van der Waals surface area (Å²) in [6.45, 7) is 13.4. The van der Waals surface area contributed by atoms with Crippen LogP contribution in [0.15, 0.2) is 23.1 Å². The van der Waals surface area contributed by atoms with E-state index >= 15 is 0 Å². The summed E-state index contributed by atoms with van der Waals surface area (Å²) in [6, 6.07) is 2.72. The topological polar surface area (TPSA) is 29.3 Å². The van der Waals surface area contributed by atoms with Crippen molar-refractivity contribution in [3.63, 3.8) is 0 Å². The first-order valence-electron chi connectivity index (χ1n) is 7.54. The number of hydrogen-bond donors (Lipinski definition) is 1. The van der Waals surface area contributed by atoms with E-state index in [1.54, 1.807) is 5.57 Å². The maximum absolute atomic E-state index is 6.29. The lowest BCUT2D eigenvalue weighted by atomic mass is 9.82. The minimum absolute atomic E-state index is 0.164. The van der Waals surface area contributed by atoms with Gasteiger partial charge in [-0.1, -0.05) is 32.4 Å². The molecule has 0 spiro atoms. The number of aryl methyl sites for hydroxylation is 1. The van der Waals surface area contributed by atoms with Crippen LogP contribution in [0.25, 0.3) is 0 Å². The van der Waals surface area contributed by atoms with E-state index in [2.05, 4.69) is 57.0 Å². The van der Waals surface area contributed by atoms with Gasteiger partial charge in [-0.2, -0.15) is 0 Å². The van der Waals surface area contributed by atoms with E-state index in [-0.39, 0.29) is 6.04 Å². The van der Waals surface area contributed by atoms with E-state index in [0.29, 0.717) is 11.5 Å². The quantitative estimate of drug-likeness (QED) is 0.849. The van der Waals surface area contributed by atoms with Crippen LogP contribution in [-0.2, 0) is 0 Å². The molecule has 0 saturated carbocycles. The van der Waals surface area contributed by atoms with Crippen molar-refractivity contribution in [1.82, 2.24) is 4.90 Å². The Hall–Kier alpha value is -0.640. The van der Waals surface area contributed by atoms with Crippen LogP contribution in [0.2, 0.25) is 0 Å². The average Bonchev–Trinajstić information content (AvgIpc) is 2.75. The summed E-state index contributed by atoms with van der Waals surface area (Å²) >= 11 is 1.84. The molecule has 2 N–H and O–H groups in total. The monoisotopic (exact) mass is 292 g/mol. The molecule has 0 radical (unpaired) electrons. The van der Waals surface area contributed by atoms with E-state index < -0.39 is 0 Å². The summed E-state index contributed by atoms with van der Waals surface area (Å²) in [4.78, 5) is 3.98. The molecule has 1 aliphatic heterocycles. The highest BCUT2D eigenvalue weighted by Crippen LogP contribution is 2.35. The molecule has 20 heavy (non-hydrogen) atoms. The molecule has 0 bridgehead atoms. The maximum Gasteiger partial charge on any atom is 0.0596 e. The lowest BCUT2D eigenvalue weighted by Crippen LogP contribution is -2.42. The van der Waals surface area contributed by atoms with Crippen LogP contribution in [0, 0.1) is 12.3 Å². The molecule has 0 fully saturated rings. The Bertz CT molecular complexity index is 479. The minimum atomic E-state index is 0.164. The van der Waals surface area contributed by atoms with Gasteiger partial charge >= 0.3 is 0 Å². The second-order valence-electron chi connectivity index (χ2n) is 7.00. The Morgan fingerprint density at radius 3 is 2.45 bits per heavy atom. The second kappa shape index (κ2) is 6.00. The fourth-order valence-electron chi connectivity index (χ4n) is 3.04. The first-order valence-corrected chi connectivity index (χ1v) is 8.42. The van der Waals surface area contributed by atoms with Gasteiger partial charge in [0.2, 0.25) is 0 Å². The molecule has 2 heterocycles. The smallest absolute Gasteiger partial charge is 0.0596 e. The van der Waals surface area contributed by atoms with Crippen LogP contribution in [0.1, 0.15) is 50.6 Å². The maximum atomic E-state index is 6.29. The summed E-state index contributed by atoms with van der Waals surface area (Å²) in [5, 5.41) is 2.18. The zero-order chi connectivity index (χ0) is 14.9. The zero-order valence-corrected chi connectivity index (χ0v) is 14.3. The number of thiophene rings is 1. The number of rotatable bonds is 3. The molecule has 1 aromatic rings. The Kier molecular flexibility index (Phi) is 4.73. The van der Waals surface area contributed by atoms with Crippen LogP contribution in [-0.4, -0.2) is 24.0 Å². The van der Waals surface area contributed by atoms with Gasteiger partial charge in [0.05, 0.1) is 6.04 Å². The molecule has 1 aromatic heterocycles. The van der Waals surface area contributed by atoms with Gasteiger partial charge in [-0.05, 0) is 42.7 Å². The molecule has 2 atom stereocenters. The van der Waals surface area contributed by atoms with E-state index in [1.807, 2.05) is 11.3 Å². The van der Waals surface area contributed by atoms with Crippen molar-refractivity contribution in [3.8, 4) is 0 Å². The van der Waals surface area contributed by atoms with E-state index in [0.717, 1.165) is 19.5 Å². The molecule has 0 amide bonds. The Morgan fingerprint density at radius 2 is 2.05 bits per heavy atom. The van der Waals surface area contributed by atoms with Crippen LogP contribution in [0.4, 0.5) is 0 Å². The van der Waals surface area contributed by atoms with Crippen molar-refractivity contribution in [2.24, 2.45) is 11.1 Å². The second-order valence-corrected chi connectivity index (χ2v) is 7.94. The molecule has 112 valence electrons. The van der Waals surface area contributed by atoms with Crippen LogP contribution in [0.5, 0.6) is 0 Å². The minimum Gasteiger partial charge on any atom is -0.326 e. The lowest BCUT2D eigenvalue weighted by Gasteiger charge is -2.38.